The fourth-order valence-electron chi connectivity index (χ4n) is 2.58. The molecule has 26 heavy (non-hydrogen) atoms. The van der Waals surface area contributed by atoms with Crippen LogP contribution < -0.4 is 5.73 Å². The lowest BCUT2D eigenvalue weighted by Gasteiger charge is -2.19. The number of hydrogen-bond acceptors (Lipinski definition) is 7. The van der Waals surface area contributed by atoms with Gasteiger partial charge in [-0.25, -0.2) is 0 Å². The van der Waals surface area contributed by atoms with E-state index in [-0.39, 0.29) is 32.7 Å². The quantitative estimate of drug-likeness (QED) is 0.407. The number of rotatable bonds is 9. The molecule has 0 unspecified atom stereocenters. The molecule has 0 aliphatic rings. The molecule has 0 fully saturated rings. The zero-order chi connectivity index (χ0) is 19.7. The summed E-state index contributed by atoms with van der Waals surface area (Å²) in [5.74, 6) is -2.02. The molecule has 0 aliphatic heterocycles. The van der Waals surface area contributed by atoms with Crippen LogP contribution in [0.4, 0.5) is 5.69 Å². The highest BCUT2D eigenvalue weighted by Crippen LogP contribution is 2.25. The van der Waals surface area contributed by atoms with Gasteiger partial charge in [-0.05, 0) is 49.9 Å². The summed E-state index contributed by atoms with van der Waals surface area (Å²) in [6.07, 6.45) is 0.179. The highest BCUT2D eigenvalue weighted by atomic mass is 16.5. The second kappa shape index (κ2) is 10.4. The standard InChI is InChI=1S/C19H27NO6/c1-5-24-18(22)10-15(19(23)25-6-2)9-14-7-8-17(20)12(3)16(14)11-26-13(4)21/h7-8,15H,5-6,9-11,20H2,1-4H3/t15-/m1/s1. The molecule has 1 atom stereocenters. The molecule has 144 valence electrons. The zero-order valence-corrected chi connectivity index (χ0v) is 15.8. The molecule has 0 aliphatic carbocycles. The molecule has 0 saturated carbocycles. The van der Waals surface area contributed by atoms with E-state index in [1.807, 2.05) is 6.92 Å². The van der Waals surface area contributed by atoms with Gasteiger partial charge in [0.2, 0.25) is 0 Å². The van der Waals surface area contributed by atoms with E-state index in [2.05, 4.69) is 0 Å². The first-order chi connectivity index (χ1) is 12.3. The molecule has 0 radical (unpaired) electrons. The van der Waals surface area contributed by atoms with E-state index in [1.165, 1.54) is 6.92 Å². The molecule has 0 saturated heterocycles. The zero-order valence-electron chi connectivity index (χ0n) is 15.8. The third-order valence-electron chi connectivity index (χ3n) is 3.96. The SMILES string of the molecule is CCOC(=O)C[C@@H](Cc1ccc(N)c(C)c1COC(C)=O)C(=O)OCC. The maximum Gasteiger partial charge on any atom is 0.309 e. The molecule has 1 aromatic carbocycles. The van der Waals surface area contributed by atoms with Crippen LogP contribution in [0.15, 0.2) is 12.1 Å². The second-order valence-electron chi connectivity index (χ2n) is 5.86. The van der Waals surface area contributed by atoms with Gasteiger partial charge in [0.15, 0.2) is 0 Å². The molecule has 2 N–H and O–H groups in total. The van der Waals surface area contributed by atoms with Crippen LogP contribution in [-0.4, -0.2) is 31.1 Å². The minimum atomic E-state index is -0.687. The molecule has 0 aromatic heterocycles. The Kier molecular flexibility index (Phi) is 8.61. The number of carbonyl (C=O) groups excluding carboxylic acids is 3. The third-order valence-corrected chi connectivity index (χ3v) is 3.96. The summed E-state index contributed by atoms with van der Waals surface area (Å²) >= 11 is 0. The fraction of sp³-hybridized carbons (Fsp3) is 0.526. The normalized spacial score (nSPS) is 11.5. The van der Waals surface area contributed by atoms with Gasteiger partial charge in [0, 0.05) is 12.6 Å². The van der Waals surface area contributed by atoms with Gasteiger partial charge in [-0.2, -0.15) is 0 Å². The number of nitrogens with two attached hydrogens (primary N) is 1. The number of ether oxygens (including phenoxy) is 3. The molecule has 7 heteroatoms. The molecule has 7 nitrogen and oxygen atoms in total. The summed E-state index contributed by atoms with van der Waals surface area (Å²) in [7, 11) is 0. The van der Waals surface area contributed by atoms with Crippen LogP contribution in [-0.2, 0) is 41.6 Å². The Morgan fingerprint density at radius 2 is 1.73 bits per heavy atom. The molecule has 0 heterocycles. The number of carbonyl (C=O) groups is 3. The van der Waals surface area contributed by atoms with E-state index in [0.717, 1.165) is 16.7 Å². The molecule has 0 bridgehead atoms. The van der Waals surface area contributed by atoms with Crippen LogP contribution in [0.3, 0.4) is 0 Å². The summed E-state index contributed by atoms with van der Waals surface area (Å²) in [5, 5.41) is 0. The second-order valence-corrected chi connectivity index (χ2v) is 5.86. The van der Waals surface area contributed by atoms with Crippen molar-refractivity contribution >= 4 is 23.6 Å². The van der Waals surface area contributed by atoms with Crippen LogP contribution in [0.1, 0.15) is 43.9 Å². The lowest BCUT2D eigenvalue weighted by molar-refractivity contribution is -0.154. The minimum Gasteiger partial charge on any atom is -0.466 e. The average Bonchev–Trinajstić information content (AvgIpc) is 2.57. The third kappa shape index (κ3) is 6.38. The largest absolute Gasteiger partial charge is 0.466 e. The first kappa shape index (κ1) is 21.5. The van der Waals surface area contributed by atoms with Crippen LogP contribution in [0, 0.1) is 12.8 Å². The summed E-state index contributed by atoms with van der Waals surface area (Å²) < 4.78 is 15.2. The van der Waals surface area contributed by atoms with E-state index < -0.39 is 23.8 Å². The summed E-state index contributed by atoms with van der Waals surface area (Å²) in [4.78, 5) is 35.3. The number of nitrogen functional groups attached to an aromatic ring is 1. The smallest absolute Gasteiger partial charge is 0.309 e. The van der Waals surface area contributed by atoms with Gasteiger partial charge >= 0.3 is 17.9 Å². The lowest BCUT2D eigenvalue weighted by atomic mass is 9.91. The Hall–Kier alpha value is -2.57. The van der Waals surface area contributed by atoms with E-state index in [1.54, 1.807) is 26.0 Å². The van der Waals surface area contributed by atoms with Crippen molar-refractivity contribution in [3.05, 3.63) is 28.8 Å². The van der Waals surface area contributed by atoms with Crippen LogP contribution >= 0.6 is 0 Å². The van der Waals surface area contributed by atoms with Crippen molar-refractivity contribution < 1.29 is 28.6 Å². The molecular weight excluding hydrogens is 338 g/mol. The highest BCUT2D eigenvalue weighted by molar-refractivity contribution is 5.80. The lowest BCUT2D eigenvalue weighted by Crippen LogP contribution is -2.25. The van der Waals surface area contributed by atoms with Gasteiger partial charge in [-0.3, -0.25) is 14.4 Å². The number of anilines is 1. The van der Waals surface area contributed by atoms with Crippen LogP contribution in [0.2, 0.25) is 0 Å². The first-order valence-electron chi connectivity index (χ1n) is 8.62. The molecule has 0 amide bonds. The van der Waals surface area contributed by atoms with Crippen molar-refractivity contribution in [2.75, 3.05) is 18.9 Å². The van der Waals surface area contributed by atoms with Crippen molar-refractivity contribution in [2.24, 2.45) is 5.92 Å². The Morgan fingerprint density at radius 3 is 2.31 bits per heavy atom. The number of hydrogen-bond donors (Lipinski definition) is 1. The molecule has 1 aromatic rings. The van der Waals surface area contributed by atoms with Gasteiger partial charge < -0.3 is 19.9 Å². The predicted octanol–water partition coefficient (Wildman–Crippen LogP) is 2.32. The van der Waals surface area contributed by atoms with Crippen molar-refractivity contribution in [3.8, 4) is 0 Å². The Morgan fingerprint density at radius 1 is 1.08 bits per heavy atom. The van der Waals surface area contributed by atoms with Gasteiger partial charge in [0.05, 0.1) is 25.6 Å². The van der Waals surface area contributed by atoms with Crippen LogP contribution in [0.5, 0.6) is 0 Å². The maximum absolute atomic E-state index is 12.3. The van der Waals surface area contributed by atoms with Crippen molar-refractivity contribution in [3.63, 3.8) is 0 Å². The topological polar surface area (TPSA) is 105 Å². The molecular formula is C19H27NO6. The van der Waals surface area contributed by atoms with Gasteiger partial charge in [-0.1, -0.05) is 6.07 Å². The van der Waals surface area contributed by atoms with Gasteiger partial charge in [0.25, 0.3) is 0 Å². The Labute approximate surface area is 153 Å². The van der Waals surface area contributed by atoms with Crippen LogP contribution in [0.25, 0.3) is 0 Å². The monoisotopic (exact) mass is 365 g/mol. The van der Waals surface area contributed by atoms with Crippen molar-refractivity contribution in [2.45, 2.75) is 47.1 Å². The summed E-state index contributed by atoms with van der Waals surface area (Å²) in [5.41, 5.74) is 8.80. The van der Waals surface area contributed by atoms with E-state index in [9.17, 15) is 14.4 Å². The predicted molar refractivity (Wildman–Crippen MR) is 96.1 cm³/mol. The summed E-state index contributed by atoms with van der Waals surface area (Å²) in [6, 6.07) is 3.51. The minimum absolute atomic E-state index is 0.0521. The van der Waals surface area contributed by atoms with Gasteiger partial charge in [0.1, 0.15) is 6.61 Å². The first-order valence-corrected chi connectivity index (χ1v) is 8.62. The molecule has 0 spiro atoms. The molecule has 1 rings (SSSR count). The average molecular weight is 365 g/mol. The highest BCUT2D eigenvalue weighted by Gasteiger charge is 2.26. The maximum atomic E-state index is 12.3. The fourth-order valence-corrected chi connectivity index (χ4v) is 2.58. The van der Waals surface area contributed by atoms with E-state index >= 15 is 0 Å². The van der Waals surface area contributed by atoms with E-state index in [4.69, 9.17) is 19.9 Å². The number of benzene rings is 1. The van der Waals surface area contributed by atoms with Gasteiger partial charge in [-0.15, -0.1) is 0 Å². The Bertz CT molecular complexity index is 656. The van der Waals surface area contributed by atoms with Crippen molar-refractivity contribution in [1.82, 2.24) is 0 Å². The summed E-state index contributed by atoms with van der Waals surface area (Å²) in [6.45, 7) is 7.07. The van der Waals surface area contributed by atoms with E-state index in [0.29, 0.717) is 5.69 Å². The Balaban J connectivity index is 3.11. The van der Waals surface area contributed by atoms with Crippen molar-refractivity contribution in [1.29, 1.82) is 0 Å². The number of esters is 3.